The number of likely N-dealkylation sites (tertiary alicyclic amines) is 1. The SMILES string of the molecule is Clc1ccccc1OCCCCN1CCCCCC1. The molecule has 0 atom stereocenters. The van der Waals surface area contributed by atoms with Crippen LogP contribution in [0.4, 0.5) is 0 Å². The fourth-order valence-electron chi connectivity index (χ4n) is 2.54. The molecular formula is C16H24ClNO. The number of ether oxygens (including phenoxy) is 1. The maximum Gasteiger partial charge on any atom is 0.137 e. The molecule has 2 nitrogen and oxygen atoms in total. The molecule has 1 fully saturated rings. The molecule has 1 aromatic carbocycles. The smallest absolute Gasteiger partial charge is 0.137 e. The van der Waals surface area contributed by atoms with Crippen LogP contribution in [0.3, 0.4) is 0 Å². The van der Waals surface area contributed by atoms with Gasteiger partial charge in [-0.3, -0.25) is 0 Å². The number of hydrogen-bond acceptors (Lipinski definition) is 2. The summed E-state index contributed by atoms with van der Waals surface area (Å²) in [6.07, 6.45) is 7.87. The first-order valence-electron chi connectivity index (χ1n) is 7.46. The Morgan fingerprint density at radius 2 is 1.74 bits per heavy atom. The molecule has 0 unspecified atom stereocenters. The minimum absolute atomic E-state index is 0.704. The highest BCUT2D eigenvalue weighted by Gasteiger charge is 2.08. The highest BCUT2D eigenvalue weighted by atomic mass is 35.5. The second kappa shape index (κ2) is 8.44. The summed E-state index contributed by atoms with van der Waals surface area (Å²) in [5.74, 6) is 0.805. The lowest BCUT2D eigenvalue weighted by Gasteiger charge is -2.19. The van der Waals surface area contributed by atoms with Crippen LogP contribution in [0.25, 0.3) is 0 Å². The summed E-state index contributed by atoms with van der Waals surface area (Å²) in [5, 5.41) is 0.704. The Morgan fingerprint density at radius 1 is 1.00 bits per heavy atom. The molecule has 0 saturated carbocycles. The second-order valence-electron chi connectivity index (χ2n) is 5.24. The Hall–Kier alpha value is -0.730. The van der Waals surface area contributed by atoms with Crippen molar-refractivity contribution in [2.24, 2.45) is 0 Å². The maximum atomic E-state index is 6.04. The molecule has 0 N–H and O–H groups in total. The Morgan fingerprint density at radius 3 is 2.47 bits per heavy atom. The van der Waals surface area contributed by atoms with Gasteiger partial charge in [0, 0.05) is 0 Å². The normalized spacial score (nSPS) is 17.1. The highest BCUT2D eigenvalue weighted by molar-refractivity contribution is 6.32. The average Bonchev–Trinajstić information content (AvgIpc) is 2.69. The third kappa shape index (κ3) is 5.42. The van der Waals surface area contributed by atoms with Crippen LogP contribution in [0.2, 0.25) is 5.02 Å². The van der Waals surface area contributed by atoms with Crippen LogP contribution < -0.4 is 4.74 Å². The fourth-order valence-corrected chi connectivity index (χ4v) is 2.73. The molecule has 19 heavy (non-hydrogen) atoms. The molecule has 1 aliphatic rings. The van der Waals surface area contributed by atoms with Crippen LogP contribution in [0.5, 0.6) is 5.75 Å². The van der Waals surface area contributed by atoms with E-state index in [1.807, 2.05) is 24.3 Å². The predicted molar refractivity (Wildman–Crippen MR) is 81.1 cm³/mol. The Balaban J connectivity index is 1.58. The highest BCUT2D eigenvalue weighted by Crippen LogP contribution is 2.23. The number of halogens is 1. The topological polar surface area (TPSA) is 12.5 Å². The molecular weight excluding hydrogens is 258 g/mol. The van der Waals surface area contributed by atoms with Crippen molar-refractivity contribution >= 4 is 11.6 Å². The summed E-state index contributed by atoms with van der Waals surface area (Å²) in [5.41, 5.74) is 0. The zero-order chi connectivity index (χ0) is 13.3. The van der Waals surface area contributed by atoms with Gasteiger partial charge in [-0.05, 0) is 57.5 Å². The van der Waals surface area contributed by atoms with E-state index in [0.717, 1.165) is 18.8 Å². The lowest BCUT2D eigenvalue weighted by molar-refractivity contribution is 0.256. The number of hydrogen-bond donors (Lipinski definition) is 0. The minimum Gasteiger partial charge on any atom is -0.492 e. The van der Waals surface area contributed by atoms with Gasteiger partial charge in [0.25, 0.3) is 0 Å². The van der Waals surface area contributed by atoms with E-state index >= 15 is 0 Å². The third-order valence-corrected chi connectivity index (χ3v) is 3.97. The number of unbranched alkanes of at least 4 members (excludes halogenated alkanes) is 1. The molecule has 0 aromatic heterocycles. The first-order chi connectivity index (χ1) is 9.36. The predicted octanol–water partition coefficient (Wildman–Crippen LogP) is 4.38. The number of para-hydroxylation sites is 1. The number of benzene rings is 1. The molecule has 3 heteroatoms. The lowest BCUT2D eigenvalue weighted by Crippen LogP contribution is -2.25. The van der Waals surface area contributed by atoms with Crippen LogP contribution in [-0.2, 0) is 0 Å². The molecule has 0 amide bonds. The van der Waals surface area contributed by atoms with E-state index in [9.17, 15) is 0 Å². The van der Waals surface area contributed by atoms with Gasteiger partial charge < -0.3 is 9.64 Å². The van der Waals surface area contributed by atoms with E-state index < -0.39 is 0 Å². The van der Waals surface area contributed by atoms with E-state index in [1.165, 1.54) is 51.7 Å². The van der Waals surface area contributed by atoms with Crippen molar-refractivity contribution in [2.75, 3.05) is 26.2 Å². The molecule has 1 aliphatic heterocycles. The summed E-state index contributed by atoms with van der Waals surface area (Å²) in [7, 11) is 0. The standard InChI is InChI=1S/C16H24ClNO/c17-15-9-3-4-10-16(15)19-14-8-7-13-18-11-5-1-2-6-12-18/h3-4,9-10H,1-2,5-8,11-14H2. The summed E-state index contributed by atoms with van der Waals surface area (Å²) in [4.78, 5) is 2.60. The van der Waals surface area contributed by atoms with Crippen molar-refractivity contribution in [1.29, 1.82) is 0 Å². The largest absolute Gasteiger partial charge is 0.492 e. The molecule has 1 saturated heterocycles. The molecule has 1 heterocycles. The van der Waals surface area contributed by atoms with Gasteiger partial charge in [-0.25, -0.2) is 0 Å². The van der Waals surface area contributed by atoms with E-state index in [4.69, 9.17) is 16.3 Å². The summed E-state index contributed by atoms with van der Waals surface area (Å²) in [6.45, 7) is 4.54. The van der Waals surface area contributed by atoms with E-state index in [1.54, 1.807) is 0 Å². The van der Waals surface area contributed by atoms with Crippen LogP contribution in [0.15, 0.2) is 24.3 Å². The number of nitrogens with zero attached hydrogens (tertiary/aromatic N) is 1. The van der Waals surface area contributed by atoms with Gasteiger partial charge >= 0.3 is 0 Å². The third-order valence-electron chi connectivity index (χ3n) is 3.66. The Bertz CT molecular complexity index is 362. The summed E-state index contributed by atoms with van der Waals surface area (Å²) >= 11 is 6.04. The van der Waals surface area contributed by atoms with Gasteiger partial charge in [-0.15, -0.1) is 0 Å². The van der Waals surface area contributed by atoms with Crippen molar-refractivity contribution < 1.29 is 4.74 Å². The van der Waals surface area contributed by atoms with Crippen molar-refractivity contribution in [3.8, 4) is 5.75 Å². The number of rotatable bonds is 6. The van der Waals surface area contributed by atoms with E-state index in [-0.39, 0.29) is 0 Å². The van der Waals surface area contributed by atoms with Crippen molar-refractivity contribution in [1.82, 2.24) is 4.90 Å². The van der Waals surface area contributed by atoms with Gasteiger partial charge in [-0.2, -0.15) is 0 Å². The molecule has 106 valence electrons. The van der Waals surface area contributed by atoms with Gasteiger partial charge in [-0.1, -0.05) is 36.6 Å². The van der Waals surface area contributed by atoms with Crippen molar-refractivity contribution in [3.63, 3.8) is 0 Å². The van der Waals surface area contributed by atoms with Gasteiger partial charge in [0.2, 0.25) is 0 Å². The minimum atomic E-state index is 0.704. The molecule has 0 radical (unpaired) electrons. The molecule has 2 rings (SSSR count). The maximum absolute atomic E-state index is 6.04. The molecule has 0 aliphatic carbocycles. The first kappa shape index (κ1) is 14.7. The fraction of sp³-hybridized carbons (Fsp3) is 0.625. The Kier molecular flexibility index (Phi) is 6.52. The zero-order valence-corrected chi connectivity index (χ0v) is 12.4. The van der Waals surface area contributed by atoms with Crippen LogP contribution >= 0.6 is 11.6 Å². The van der Waals surface area contributed by atoms with Crippen LogP contribution in [-0.4, -0.2) is 31.1 Å². The van der Waals surface area contributed by atoms with Crippen molar-refractivity contribution in [3.05, 3.63) is 29.3 Å². The van der Waals surface area contributed by atoms with Gasteiger partial charge in [0.05, 0.1) is 11.6 Å². The Labute approximate surface area is 121 Å². The van der Waals surface area contributed by atoms with Crippen molar-refractivity contribution in [2.45, 2.75) is 38.5 Å². The molecule has 0 spiro atoms. The summed E-state index contributed by atoms with van der Waals surface area (Å²) < 4.78 is 5.70. The van der Waals surface area contributed by atoms with Gasteiger partial charge in [0.15, 0.2) is 0 Å². The first-order valence-corrected chi connectivity index (χ1v) is 7.84. The zero-order valence-electron chi connectivity index (χ0n) is 11.6. The summed E-state index contributed by atoms with van der Waals surface area (Å²) in [6, 6.07) is 7.68. The molecule has 1 aromatic rings. The quantitative estimate of drug-likeness (QED) is 0.718. The lowest BCUT2D eigenvalue weighted by atomic mass is 10.2. The molecule has 0 bridgehead atoms. The second-order valence-corrected chi connectivity index (χ2v) is 5.65. The van der Waals surface area contributed by atoms with E-state index in [0.29, 0.717) is 5.02 Å². The van der Waals surface area contributed by atoms with Crippen LogP contribution in [0.1, 0.15) is 38.5 Å². The van der Waals surface area contributed by atoms with Gasteiger partial charge in [0.1, 0.15) is 5.75 Å². The van der Waals surface area contributed by atoms with Crippen LogP contribution in [0, 0.1) is 0 Å². The monoisotopic (exact) mass is 281 g/mol. The van der Waals surface area contributed by atoms with E-state index in [2.05, 4.69) is 4.90 Å². The average molecular weight is 282 g/mol.